The zero-order valence-electron chi connectivity index (χ0n) is 13.5. The molecule has 2 saturated carbocycles. The summed E-state index contributed by atoms with van der Waals surface area (Å²) in [6, 6.07) is 7.81. The second-order valence-electron chi connectivity index (χ2n) is 7.18. The number of nitrogens with two attached hydrogens (primary N) is 1. The fourth-order valence-corrected chi connectivity index (χ4v) is 4.79. The van der Waals surface area contributed by atoms with Gasteiger partial charge < -0.3 is 11.1 Å². The molecule has 3 N–H and O–H groups in total. The van der Waals surface area contributed by atoms with E-state index in [1.807, 2.05) is 12.1 Å². The Morgan fingerprint density at radius 2 is 1.96 bits per heavy atom. The summed E-state index contributed by atoms with van der Waals surface area (Å²) in [5.74, 6) is 0.957. The quantitative estimate of drug-likeness (QED) is 0.876. The molecule has 2 bridgehead atoms. The number of benzene rings is 1. The van der Waals surface area contributed by atoms with E-state index in [9.17, 15) is 4.79 Å². The van der Waals surface area contributed by atoms with Gasteiger partial charge in [-0.25, -0.2) is 0 Å². The van der Waals surface area contributed by atoms with Gasteiger partial charge in [0.05, 0.1) is 16.1 Å². The van der Waals surface area contributed by atoms with Gasteiger partial charge in [-0.15, -0.1) is 0 Å². The van der Waals surface area contributed by atoms with E-state index in [1.54, 1.807) is 18.3 Å². The van der Waals surface area contributed by atoms with Crippen molar-refractivity contribution in [2.75, 3.05) is 0 Å². The molecule has 2 aromatic rings. The Morgan fingerprint density at radius 3 is 2.71 bits per heavy atom. The molecule has 2 fully saturated rings. The number of carbonyl (C=O) groups excluding carboxylic acids is 1. The number of hydrogen-bond acceptors (Lipinski definition) is 3. The van der Waals surface area contributed by atoms with Gasteiger partial charge in [-0.05, 0) is 61.8 Å². The van der Waals surface area contributed by atoms with Crippen LogP contribution in [-0.4, -0.2) is 23.0 Å². The summed E-state index contributed by atoms with van der Waals surface area (Å²) < 4.78 is 0. The molecule has 1 amide bonds. The second-order valence-corrected chi connectivity index (χ2v) is 7.58. The predicted octanol–water partition coefficient (Wildman–Crippen LogP) is 3.52. The highest BCUT2D eigenvalue weighted by Crippen LogP contribution is 2.40. The third-order valence-electron chi connectivity index (χ3n) is 5.64. The summed E-state index contributed by atoms with van der Waals surface area (Å²) in [6.45, 7) is 0. The van der Waals surface area contributed by atoms with E-state index in [-0.39, 0.29) is 18.0 Å². The van der Waals surface area contributed by atoms with E-state index in [4.69, 9.17) is 17.3 Å². The van der Waals surface area contributed by atoms with Crippen molar-refractivity contribution in [3.63, 3.8) is 0 Å². The number of carbonyl (C=O) groups is 1. The van der Waals surface area contributed by atoms with Crippen molar-refractivity contribution in [2.45, 2.75) is 44.2 Å². The molecule has 2 aliphatic carbocycles. The molecule has 1 heterocycles. The number of halogens is 1. The maximum absolute atomic E-state index is 12.9. The monoisotopic (exact) mass is 343 g/mol. The molecule has 24 heavy (non-hydrogen) atoms. The number of nitrogens with one attached hydrogen (secondary N) is 1. The first-order valence-electron chi connectivity index (χ1n) is 8.73. The minimum absolute atomic E-state index is 0.0484. The van der Waals surface area contributed by atoms with Crippen LogP contribution in [-0.2, 0) is 0 Å². The maximum Gasteiger partial charge on any atom is 0.253 e. The van der Waals surface area contributed by atoms with Crippen molar-refractivity contribution in [2.24, 2.45) is 17.6 Å². The van der Waals surface area contributed by atoms with Crippen molar-refractivity contribution < 1.29 is 4.79 Å². The Labute approximate surface area is 146 Å². The molecular formula is C19H22ClN3O. The van der Waals surface area contributed by atoms with Crippen LogP contribution in [0.15, 0.2) is 30.5 Å². The van der Waals surface area contributed by atoms with Crippen molar-refractivity contribution in [3.05, 3.63) is 41.0 Å². The van der Waals surface area contributed by atoms with Crippen LogP contribution in [0.5, 0.6) is 0 Å². The highest BCUT2D eigenvalue weighted by molar-refractivity contribution is 6.36. The minimum Gasteiger partial charge on any atom is -0.349 e. The summed E-state index contributed by atoms with van der Waals surface area (Å²) in [7, 11) is 0. The highest BCUT2D eigenvalue weighted by Gasteiger charge is 2.40. The van der Waals surface area contributed by atoms with Crippen LogP contribution < -0.4 is 11.1 Å². The van der Waals surface area contributed by atoms with E-state index in [1.165, 1.54) is 6.42 Å². The lowest BCUT2D eigenvalue weighted by Crippen LogP contribution is -2.53. The topological polar surface area (TPSA) is 68.0 Å². The van der Waals surface area contributed by atoms with E-state index in [2.05, 4.69) is 10.3 Å². The third-order valence-corrected chi connectivity index (χ3v) is 5.97. The third kappa shape index (κ3) is 2.78. The Kier molecular flexibility index (Phi) is 4.19. The van der Waals surface area contributed by atoms with Crippen molar-refractivity contribution in [3.8, 4) is 0 Å². The summed E-state index contributed by atoms with van der Waals surface area (Å²) >= 11 is 6.23. The largest absolute Gasteiger partial charge is 0.349 e. The van der Waals surface area contributed by atoms with Crippen LogP contribution in [0.3, 0.4) is 0 Å². The fourth-order valence-electron chi connectivity index (χ4n) is 4.58. The van der Waals surface area contributed by atoms with Crippen molar-refractivity contribution >= 4 is 28.4 Å². The van der Waals surface area contributed by atoms with Crippen LogP contribution >= 0.6 is 11.6 Å². The van der Waals surface area contributed by atoms with Gasteiger partial charge in [-0.3, -0.25) is 9.78 Å². The van der Waals surface area contributed by atoms with Gasteiger partial charge in [0.15, 0.2) is 0 Å². The molecule has 0 spiro atoms. The molecule has 5 heteroatoms. The Balaban J connectivity index is 1.62. The molecule has 1 aromatic carbocycles. The molecule has 126 valence electrons. The summed E-state index contributed by atoms with van der Waals surface area (Å²) in [6.07, 6.45) is 7.30. The van der Waals surface area contributed by atoms with Crippen LogP contribution in [0.25, 0.3) is 10.9 Å². The zero-order chi connectivity index (χ0) is 16.7. The predicted molar refractivity (Wildman–Crippen MR) is 96.0 cm³/mol. The average molecular weight is 344 g/mol. The fraction of sp³-hybridized carbons (Fsp3) is 0.474. The molecule has 0 aliphatic heterocycles. The minimum atomic E-state index is -0.0484. The molecule has 0 saturated heterocycles. The first-order chi connectivity index (χ1) is 11.6. The number of hydrogen-bond donors (Lipinski definition) is 2. The molecule has 1 aromatic heterocycles. The lowest BCUT2D eigenvalue weighted by molar-refractivity contribution is 0.0757. The van der Waals surface area contributed by atoms with Gasteiger partial charge in [0.1, 0.15) is 0 Å². The van der Waals surface area contributed by atoms with Gasteiger partial charge in [-0.2, -0.15) is 0 Å². The highest BCUT2D eigenvalue weighted by atomic mass is 35.5. The first kappa shape index (κ1) is 15.9. The van der Waals surface area contributed by atoms with E-state index in [0.29, 0.717) is 27.9 Å². The van der Waals surface area contributed by atoms with Crippen LogP contribution in [0, 0.1) is 11.8 Å². The standard InChI is InChI=1S/C19H22ClN3O/c20-16-7-6-15(18-14(16)5-2-8-22-18)19(24)23-17-11-3-1-4-12(17)10-13(21)9-11/h2,5-8,11-13,17H,1,3-4,9-10,21H2,(H,23,24). The van der Waals surface area contributed by atoms with Crippen LogP contribution in [0.1, 0.15) is 42.5 Å². The molecule has 2 atom stereocenters. The van der Waals surface area contributed by atoms with Gasteiger partial charge in [-0.1, -0.05) is 18.0 Å². The summed E-state index contributed by atoms with van der Waals surface area (Å²) in [4.78, 5) is 17.3. The van der Waals surface area contributed by atoms with Crippen LogP contribution in [0.4, 0.5) is 0 Å². The molecule has 4 rings (SSSR count). The average Bonchev–Trinajstić information content (AvgIpc) is 2.56. The van der Waals surface area contributed by atoms with E-state index < -0.39 is 0 Å². The number of amides is 1. The first-order valence-corrected chi connectivity index (χ1v) is 9.11. The number of rotatable bonds is 2. The smallest absolute Gasteiger partial charge is 0.253 e. The molecule has 2 aliphatic rings. The van der Waals surface area contributed by atoms with E-state index >= 15 is 0 Å². The maximum atomic E-state index is 12.9. The molecular weight excluding hydrogens is 322 g/mol. The molecule has 2 unspecified atom stereocenters. The Hall–Kier alpha value is -1.65. The lowest BCUT2D eigenvalue weighted by atomic mass is 9.67. The van der Waals surface area contributed by atoms with Crippen molar-refractivity contribution in [1.29, 1.82) is 0 Å². The summed E-state index contributed by atoms with van der Waals surface area (Å²) in [5.41, 5.74) is 7.45. The van der Waals surface area contributed by atoms with Gasteiger partial charge in [0.2, 0.25) is 0 Å². The number of nitrogens with zero attached hydrogens (tertiary/aromatic N) is 1. The number of fused-ring (bicyclic) bond motifs is 3. The second kappa shape index (κ2) is 6.34. The summed E-state index contributed by atoms with van der Waals surface area (Å²) in [5, 5.41) is 4.73. The van der Waals surface area contributed by atoms with Gasteiger partial charge in [0.25, 0.3) is 5.91 Å². The number of aromatic nitrogens is 1. The molecule has 0 radical (unpaired) electrons. The van der Waals surface area contributed by atoms with Gasteiger partial charge in [0, 0.05) is 23.7 Å². The van der Waals surface area contributed by atoms with Crippen molar-refractivity contribution in [1.82, 2.24) is 10.3 Å². The molecule has 4 nitrogen and oxygen atoms in total. The van der Waals surface area contributed by atoms with Gasteiger partial charge >= 0.3 is 0 Å². The lowest BCUT2D eigenvalue weighted by Gasteiger charge is -2.45. The van der Waals surface area contributed by atoms with E-state index in [0.717, 1.165) is 31.1 Å². The van der Waals surface area contributed by atoms with Crippen LogP contribution in [0.2, 0.25) is 5.02 Å². The Morgan fingerprint density at radius 1 is 1.21 bits per heavy atom. The zero-order valence-corrected chi connectivity index (χ0v) is 14.3. The normalized spacial score (nSPS) is 29.4. The Bertz CT molecular complexity index is 764. The SMILES string of the molecule is NC1CC2CCCC(C1)C2NC(=O)c1ccc(Cl)c2cccnc12. The number of pyridine rings is 1.